The molecule has 0 aromatic heterocycles. The zero-order valence-electron chi connectivity index (χ0n) is 18.3. The summed E-state index contributed by atoms with van der Waals surface area (Å²) >= 11 is 0. The van der Waals surface area contributed by atoms with E-state index in [0.29, 0.717) is 19.5 Å². The molecule has 0 saturated heterocycles. The van der Waals surface area contributed by atoms with Gasteiger partial charge in [-0.15, -0.1) is 0 Å². The number of carbonyl (C=O) groups is 1. The Morgan fingerprint density at radius 2 is 1.16 bits per heavy atom. The zero-order chi connectivity index (χ0) is 22.2. The maximum Gasteiger partial charge on any atom is 0.227 e. The molecule has 0 spiro atoms. The monoisotopic (exact) mass is 421 g/mol. The van der Waals surface area contributed by atoms with Crippen LogP contribution in [0.15, 0.2) is 109 Å². The fraction of sp³-hybridized carbons (Fsp3) is 0.138. The Kier molecular flexibility index (Phi) is 6.98. The van der Waals surface area contributed by atoms with E-state index < -0.39 is 0 Å². The number of hydrogen-bond donors (Lipinski definition) is 0. The van der Waals surface area contributed by atoms with E-state index in [0.717, 1.165) is 33.6 Å². The molecule has 0 saturated carbocycles. The van der Waals surface area contributed by atoms with Gasteiger partial charge in [0.2, 0.25) is 5.91 Å². The van der Waals surface area contributed by atoms with E-state index in [1.807, 2.05) is 83.8 Å². The van der Waals surface area contributed by atoms with Crippen molar-refractivity contribution in [1.82, 2.24) is 4.90 Å². The standard InChI is InChI=1S/C29H27NO2/c1-32-28-19-11-10-18-27(28)26-17-9-8-16-25(26)20-29(31)30(21-23-12-4-2-5-13-23)22-24-14-6-3-7-15-24/h2-19H,20-22H2,1H3. The average molecular weight is 422 g/mol. The molecule has 1 amide bonds. The van der Waals surface area contributed by atoms with Crippen LogP contribution >= 0.6 is 0 Å². The lowest BCUT2D eigenvalue weighted by Gasteiger charge is -2.24. The largest absolute Gasteiger partial charge is 0.496 e. The minimum Gasteiger partial charge on any atom is -0.496 e. The maximum atomic E-state index is 13.6. The van der Waals surface area contributed by atoms with Crippen molar-refractivity contribution in [2.75, 3.05) is 7.11 Å². The third-order valence-corrected chi connectivity index (χ3v) is 5.54. The Balaban J connectivity index is 1.62. The summed E-state index contributed by atoms with van der Waals surface area (Å²) in [5.74, 6) is 0.901. The number of methoxy groups -OCH3 is 1. The Morgan fingerprint density at radius 3 is 1.75 bits per heavy atom. The van der Waals surface area contributed by atoms with Crippen LogP contribution in [0.4, 0.5) is 0 Å². The zero-order valence-corrected chi connectivity index (χ0v) is 18.3. The van der Waals surface area contributed by atoms with E-state index in [4.69, 9.17) is 4.74 Å². The molecule has 4 aromatic rings. The lowest BCUT2D eigenvalue weighted by atomic mass is 9.96. The first-order chi connectivity index (χ1) is 15.7. The molecule has 0 aliphatic carbocycles. The third kappa shape index (κ3) is 5.25. The Labute approximate surface area is 189 Å². The van der Waals surface area contributed by atoms with E-state index in [9.17, 15) is 4.79 Å². The number of ether oxygens (including phenoxy) is 1. The molecule has 160 valence electrons. The van der Waals surface area contributed by atoms with Crippen LogP contribution in [0.5, 0.6) is 5.75 Å². The number of amides is 1. The first-order valence-electron chi connectivity index (χ1n) is 10.8. The molecule has 0 aliphatic rings. The van der Waals surface area contributed by atoms with E-state index >= 15 is 0 Å². The lowest BCUT2D eigenvalue weighted by Crippen LogP contribution is -2.31. The van der Waals surface area contributed by atoms with Crippen molar-refractivity contribution >= 4 is 5.91 Å². The highest BCUT2D eigenvalue weighted by Gasteiger charge is 2.18. The van der Waals surface area contributed by atoms with Crippen molar-refractivity contribution in [3.05, 3.63) is 126 Å². The summed E-state index contributed by atoms with van der Waals surface area (Å²) < 4.78 is 5.57. The molecule has 3 nitrogen and oxygen atoms in total. The Morgan fingerprint density at radius 1 is 0.656 bits per heavy atom. The van der Waals surface area contributed by atoms with Crippen LogP contribution in [0.2, 0.25) is 0 Å². The van der Waals surface area contributed by atoms with Crippen molar-refractivity contribution < 1.29 is 9.53 Å². The number of rotatable bonds is 8. The van der Waals surface area contributed by atoms with Crippen LogP contribution in [0.3, 0.4) is 0 Å². The molecule has 0 bridgehead atoms. The predicted octanol–water partition coefficient (Wildman–Crippen LogP) is 6.13. The van der Waals surface area contributed by atoms with E-state index in [2.05, 4.69) is 30.3 Å². The highest BCUT2D eigenvalue weighted by molar-refractivity contribution is 5.83. The van der Waals surface area contributed by atoms with Crippen LogP contribution in [0.1, 0.15) is 16.7 Å². The van der Waals surface area contributed by atoms with Crippen molar-refractivity contribution in [2.45, 2.75) is 19.5 Å². The number of para-hydroxylation sites is 1. The molecule has 0 unspecified atom stereocenters. The second kappa shape index (κ2) is 10.5. The first kappa shape index (κ1) is 21.4. The normalized spacial score (nSPS) is 10.5. The van der Waals surface area contributed by atoms with Gasteiger partial charge in [-0.05, 0) is 28.3 Å². The summed E-state index contributed by atoms with van der Waals surface area (Å²) in [6, 6.07) is 36.3. The second-order valence-electron chi connectivity index (χ2n) is 7.76. The third-order valence-electron chi connectivity index (χ3n) is 5.54. The van der Waals surface area contributed by atoms with E-state index in [1.54, 1.807) is 7.11 Å². The number of carbonyl (C=O) groups excluding carboxylic acids is 1. The molecular weight excluding hydrogens is 394 g/mol. The molecule has 0 fully saturated rings. The number of benzene rings is 4. The van der Waals surface area contributed by atoms with Crippen LogP contribution in [-0.2, 0) is 24.3 Å². The van der Waals surface area contributed by atoms with Gasteiger partial charge >= 0.3 is 0 Å². The fourth-order valence-corrected chi connectivity index (χ4v) is 3.92. The molecule has 4 aromatic carbocycles. The Bertz CT molecular complexity index is 1110. The summed E-state index contributed by atoms with van der Waals surface area (Å²) in [5.41, 5.74) is 5.26. The molecule has 4 rings (SSSR count). The second-order valence-corrected chi connectivity index (χ2v) is 7.76. The van der Waals surface area contributed by atoms with Gasteiger partial charge in [0.25, 0.3) is 0 Å². The summed E-state index contributed by atoms with van der Waals surface area (Å²) in [4.78, 5) is 15.5. The quantitative estimate of drug-likeness (QED) is 0.342. The minimum absolute atomic E-state index is 0.0973. The summed E-state index contributed by atoms with van der Waals surface area (Å²) in [6.45, 7) is 1.15. The van der Waals surface area contributed by atoms with Gasteiger partial charge in [-0.2, -0.15) is 0 Å². The maximum absolute atomic E-state index is 13.6. The topological polar surface area (TPSA) is 29.5 Å². The van der Waals surface area contributed by atoms with Gasteiger partial charge in [0, 0.05) is 18.7 Å². The fourth-order valence-electron chi connectivity index (χ4n) is 3.92. The van der Waals surface area contributed by atoms with E-state index in [1.165, 1.54) is 0 Å². The van der Waals surface area contributed by atoms with E-state index in [-0.39, 0.29) is 5.91 Å². The summed E-state index contributed by atoms with van der Waals surface area (Å²) in [6.07, 6.45) is 0.327. The highest BCUT2D eigenvalue weighted by Crippen LogP contribution is 2.32. The summed E-state index contributed by atoms with van der Waals surface area (Å²) in [5, 5.41) is 0. The lowest BCUT2D eigenvalue weighted by molar-refractivity contribution is -0.131. The predicted molar refractivity (Wildman–Crippen MR) is 129 cm³/mol. The van der Waals surface area contributed by atoms with Gasteiger partial charge in [-0.25, -0.2) is 0 Å². The molecular formula is C29H27NO2. The van der Waals surface area contributed by atoms with Crippen LogP contribution in [-0.4, -0.2) is 17.9 Å². The van der Waals surface area contributed by atoms with Gasteiger partial charge in [-0.3, -0.25) is 4.79 Å². The smallest absolute Gasteiger partial charge is 0.227 e. The SMILES string of the molecule is COc1ccccc1-c1ccccc1CC(=O)N(Cc1ccccc1)Cc1ccccc1. The molecule has 0 aliphatic heterocycles. The number of nitrogens with zero attached hydrogens (tertiary/aromatic N) is 1. The Hall–Kier alpha value is -3.85. The molecule has 32 heavy (non-hydrogen) atoms. The van der Waals surface area contributed by atoms with Crippen molar-refractivity contribution in [1.29, 1.82) is 0 Å². The number of hydrogen-bond acceptors (Lipinski definition) is 2. The van der Waals surface area contributed by atoms with Gasteiger partial charge < -0.3 is 9.64 Å². The summed E-state index contributed by atoms with van der Waals surface area (Å²) in [7, 11) is 1.67. The van der Waals surface area contributed by atoms with Crippen LogP contribution in [0, 0.1) is 0 Å². The minimum atomic E-state index is 0.0973. The van der Waals surface area contributed by atoms with Crippen molar-refractivity contribution in [3.8, 4) is 16.9 Å². The van der Waals surface area contributed by atoms with Gasteiger partial charge in [0.05, 0.1) is 13.5 Å². The van der Waals surface area contributed by atoms with Gasteiger partial charge in [0.15, 0.2) is 0 Å². The average Bonchev–Trinajstić information content (AvgIpc) is 2.85. The molecule has 0 radical (unpaired) electrons. The van der Waals surface area contributed by atoms with Crippen LogP contribution in [0.25, 0.3) is 11.1 Å². The van der Waals surface area contributed by atoms with Crippen molar-refractivity contribution in [2.24, 2.45) is 0 Å². The van der Waals surface area contributed by atoms with Gasteiger partial charge in [0.1, 0.15) is 5.75 Å². The first-order valence-corrected chi connectivity index (χ1v) is 10.8. The molecule has 0 N–H and O–H groups in total. The van der Waals surface area contributed by atoms with Gasteiger partial charge in [-0.1, -0.05) is 103 Å². The highest BCUT2D eigenvalue weighted by atomic mass is 16.5. The molecule has 3 heteroatoms. The van der Waals surface area contributed by atoms with Crippen LogP contribution < -0.4 is 4.74 Å². The molecule has 0 atom stereocenters. The molecule has 0 heterocycles. The van der Waals surface area contributed by atoms with Crippen molar-refractivity contribution in [3.63, 3.8) is 0 Å².